The Hall–Kier alpha value is -1.32. The monoisotopic (exact) mass is 232 g/mol. The molecule has 2 aromatic rings. The Balaban J connectivity index is 2.16. The maximum atomic E-state index is 9.91. The third-order valence-electron chi connectivity index (χ3n) is 3.21. The number of aryl methyl sites for hydroxylation is 1. The van der Waals surface area contributed by atoms with Crippen molar-refractivity contribution in [2.45, 2.75) is 32.3 Å². The van der Waals surface area contributed by atoms with Crippen LogP contribution in [0.2, 0.25) is 0 Å². The van der Waals surface area contributed by atoms with Gasteiger partial charge in [-0.05, 0) is 37.4 Å². The van der Waals surface area contributed by atoms with Crippen LogP contribution in [0.5, 0.6) is 0 Å². The minimum Gasteiger partial charge on any atom is -0.393 e. The van der Waals surface area contributed by atoms with Gasteiger partial charge in [0.25, 0.3) is 0 Å². The molecule has 0 spiro atoms. The number of aromatic nitrogens is 1. The molecule has 0 saturated heterocycles. The van der Waals surface area contributed by atoms with Crippen LogP contribution in [0.1, 0.15) is 24.0 Å². The molecular weight excluding hydrogens is 212 g/mol. The molecule has 0 aliphatic carbocycles. The second-order valence-electron chi connectivity index (χ2n) is 4.60. The molecule has 0 saturated carbocycles. The first-order valence-electron chi connectivity index (χ1n) is 6.16. The van der Waals surface area contributed by atoms with Gasteiger partial charge in [-0.25, -0.2) is 0 Å². The summed E-state index contributed by atoms with van der Waals surface area (Å²) in [6, 6.07) is 6.25. The largest absolute Gasteiger partial charge is 0.393 e. The fourth-order valence-corrected chi connectivity index (χ4v) is 2.24. The van der Waals surface area contributed by atoms with Gasteiger partial charge in [0.05, 0.1) is 6.10 Å². The Bertz CT molecular complexity index is 490. The number of H-pyrrole nitrogens is 1. The normalized spacial score (nSPS) is 13.1. The smallest absolute Gasteiger partial charge is 0.0581 e. The van der Waals surface area contributed by atoms with Crippen molar-refractivity contribution < 1.29 is 5.11 Å². The molecule has 1 aromatic carbocycles. The van der Waals surface area contributed by atoms with Gasteiger partial charge in [-0.2, -0.15) is 0 Å². The predicted octanol–water partition coefficient (Wildman–Crippen LogP) is 2.12. The van der Waals surface area contributed by atoms with Crippen LogP contribution in [0.25, 0.3) is 10.9 Å². The fourth-order valence-electron chi connectivity index (χ4n) is 2.24. The highest BCUT2D eigenvalue weighted by Gasteiger charge is 2.10. The molecule has 4 N–H and O–H groups in total. The van der Waals surface area contributed by atoms with Crippen LogP contribution in [0, 0.1) is 6.92 Å². The molecule has 0 aliphatic heterocycles. The topological polar surface area (TPSA) is 62.0 Å². The van der Waals surface area contributed by atoms with Crippen LogP contribution in [0.4, 0.5) is 0 Å². The number of nitrogens with one attached hydrogen (secondary N) is 1. The summed E-state index contributed by atoms with van der Waals surface area (Å²) in [5.41, 5.74) is 9.05. The number of aromatic amines is 1. The summed E-state index contributed by atoms with van der Waals surface area (Å²) in [6.07, 6.45) is 4.06. The zero-order valence-corrected chi connectivity index (χ0v) is 10.2. The van der Waals surface area contributed by atoms with Gasteiger partial charge in [0.2, 0.25) is 0 Å². The average molecular weight is 232 g/mol. The van der Waals surface area contributed by atoms with E-state index in [4.69, 9.17) is 5.73 Å². The van der Waals surface area contributed by atoms with E-state index in [9.17, 15) is 5.11 Å². The standard InChI is InChI=1S/C14H20N2O/c1-10-4-2-6-13-11(9-16-14(10)13)8-12(17)5-3-7-15/h2,4,6,9,12,16-17H,3,5,7-8,15H2,1H3. The van der Waals surface area contributed by atoms with Gasteiger partial charge in [0.15, 0.2) is 0 Å². The molecular formula is C14H20N2O. The van der Waals surface area contributed by atoms with Crippen LogP contribution in [-0.2, 0) is 6.42 Å². The van der Waals surface area contributed by atoms with E-state index in [1.165, 1.54) is 22.0 Å². The van der Waals surface area contributed by atoms with E-state index in [-0.39, 0.29) is 6.10 Å². The lowest BCUT2D eigenvalue weighted by Gasteiger charge is -2.08. The highest BCUT2D eigenvalue weighted by atomic mass is 16.3. The highest BCUT2D eigenvalue weighted by Crippen LogP contribution is 2.22. The molecule has 0 radical (unpaired) electrons. The molecule has 1 aromatic heterocycles. The summed E-state index contributed by atoms with van der Waals surface area (Å²) < 4.78 is 0. The first kappa shape index (κ1) is 12.1. The van der Waals surface area contributed by atoms with Gasteiger partial charge in [0, 0.05) is 23.5 Å². The number of fused-ring (bicyclic) bond motifs is 1. The maximum Gasteiger partial charge on any atom is 0.0581 e. The van der Waals surface area contributed by atoms with Crippen molar-refractivity contribution in [1.82, 2.24) is 4.98 Å². The Kier molecular flexibility index (Phi) is 3.82. The number of hydrogen-bond acceptors (Lipinski definition) is 2. The van der Waals surface area contributed by atoms with Gasteiger partial charge >= 0.3 is 0 Å². The minimum absolute atomic E-state index is 0.293. The summed E-state index contributed by atoms with van der Waals surface area (Å²) in [5.74, 6) is 0. The molecule has 3 nitrogen and oxygen atoms in total. The molecule has 0 bridgehead atoms. The summed E-state index contributed by atoms with van der Waals surface area (Å²) in [7, 11) is 0. The quantitative estimate of drug-likeness (QED) is 0.739. The third kappa shape index (κ3) is 2.68. The Morgan fingerprint density at radius 2 is 2.24 bits per heavy atom. The molecule has 2 rings (SSSR count). The van der Waals surface area contributed by atoms with E-state index < -0.39 is 0 Å². The van der Waals surface area contributed by atoms with Crippen LogP contribution in [-0.4, -0.2) is 22.7 Å². The summed E-state index contributed by atoms with van der Waals surface area (Å²) in [4.78, 5) is 3.28. The molecule has 3 heteroatoms. The second kappa shape index (κ2) is 5.34. The van der Waals surface area contributed by atoms with Gasteiger partial charge in [0.1, 0.15) is 0 Å². The first-order valence-corrected chi connectivity index (χ1v) is 6.16. The van der Waals surface area contributed by atoms with E-state index in [1.807, 2.05) is 6.20 Å². The molecule has 0 amide bonds. The predicted molar refractivity (Wildman–Crippen MR) is 71.0 cm³/mol. The van der Waals surface area contributed by atoms with Crippen molar-refractivity contribution in [1.29, 1.82) is 0 Å². The Morgan fingerprint density at radius 3 is 3.00 bits per heavy atom. The number of hydrogen-bond donors (Lipinski definition) is 3. The fraction of sp³-hybridized carbons (Fsp3) is 0.429. The zero-order chi connectivity index (χ0) is 12.3. The van der Waals surface area contributed by atoms with Gasteiger partial charge in [-0.3, -0.25) is 0 Å². The van der Waals surface area contributed by atoms with Crippen molar-refractivity contribution in [3.05, 3.63) is 35.5 Å². The summed E-state index contributed by atoms with van der Waals surface area (Å²) in [6.45, 7) is 2.73. The van der Waals surface area contributed by atoms with Crippen molar-refractivity contribution >= 4 is 10.9 Å². The van der Waals surface area contributed by atoms with Crippen LogP contribution in [0.3, 0.4) is 0 Å². The maximum absolute atomic E-state index is 9.91. The molecule has 1 atom stereocenters. The van der Waals surface area contributed by atoms with Crippen LogP contribution >= 0.6 is 0 Å². The zero-order valence-electron chi connectivity index (χ0n) is 10.2. The number of benzene rings is 1. The van der Waals surface area contributed by atoms with Gasteiger partial charge < -0.3 is 15.8 Å². The number of para-hydroxylation sites is 1. The number of aliphatic hydroxyl groups is 1. The molecule has 0 fully saturated rings. The summed E-state index contributed by atoms with van der Waals surface area (Å²) >= 11 is 0. The molecule has 0 aliphatic rings. The number of rotatable bonds is 5. The van der Waals surface area contributed by atoms with Crippen LogP contribution < -0.4 is 5.73 Å². The lowest BCUT2D eigenvalue weighted by atomic mass is 10.0. The third-order valence-corrected chi connectivity index (χ3v) is 3.21. The van der Waals surface area contributed by atoms with Crippen molar-refractivity contribution in [2.24, 2.45) is 5.73 Å². The first-order chi connectivity index (χ1) is 8.22. The second-order valence-corrected chi connectivity index (χ2v) is 4.60. The number of aliphatic hydroxyl groups excluding tert-OH is 1. The molecule has 92 valence electrons. The SMILES string of the molecule is Cc1cccc2c(CC(O)CCCN)c[nH]c12. The van der Waals surface area contributed by atoms with Crippen molar-refractivity contribution in [3.63, 3.8) is 0 Å². The van der Waals surface area contributed by atoms with Crippen molar-refractivity contribution in [3.8, 4) is 0 Å². The molecule has 17 heavy (non-hydrogen) atoms. The van der Waals surface area contributed by atoms with Gasteiger partial charge in [-0.15, -0.1) is 0 Å². The lowest BCUT2D eigenvalue weighted by Crippen LogP contribution is -2.12. The van der Waals surface area contributed by atoms with Gasteiger partial charge in [-0.1, -0.05) is 18.2 Å². The van der Waals surface area contributed by atoms with E-state index in [0.29, 0.717) is 13.0 Å². The minimum atomic E-state index is -0.293. The van der Waals surface area contributed by atoms with E-state index in [2.05, 4.69) is 30.1 Å². The highest BCUT2D eigenvalue weighted by molar-refractivity contribution is 5.85. The van der Waals surface area contributed by atoms with Crippen LogP contribution in [0.15, 0.2) is 24.4 Å². The molecule has 1 heterocycles. The Morgan fingerprint density at radius 1 is 1.41 bits per heavy atom. The number of nitrogens with two attached hydrogens (primary N) is 1. The van der Waals surface area contributed by atoms with E-state index >= 15 is 0 Å². The van der Waals surface area contributed by atoms with E-state index in [0.717, 1.165) is 12.8 Å². The lowest BCUT2D eigenvalue weighted by molar-refractivity contribution is 0.163. The Labute approximate surface area is 102 Å². The summed E-state index contributed by atoms with van der Waals surface area (Å²) in [5, 5.41) is 11.1. The average Bonchev–Trinajstić information content (AvgIpc) is 2.71. The molecule has 1 unspecified atom stereocenters. The van der Waals surface area contributed by atoms with E-state index in [1.54, 1.807) is 0 Å². The van der Waals surface area contributed by atoms with Crippen molar-refractivity contribution in [2.75, 3.05) is 6.54 Å².